The summed E-state index contributed by atoms with van der Waals surface area (Å²) in [7, 11) is 0. The molecule has 1 atom stereocenters. The predicted molar refractivity (Wildman–Crippen MR) is 81.3 cm³/mol. The molecule has 1 unspecified atom stereocenters. The molecule has 0 radical (unpaired) electrons. The van der Waals surface area contributed by atoms with Crippen molar-refractivity contribution in [2.75, 3.05) is 6.61 Å². The van der Waals surface area contributed by atoms with Gasteiger partial charge in [-0.15, -0.1) is 6.58 Å². The van der Waals surface area contributed by atoms with E-state index in [1.54, 1.807) is 0 Å². The lowest BCUT2D eigenvalue weighted by Gasteiger charge is -2.13. The summed E-state index contributed by atoms with van der Waals surface area (Å²) in [5.74, 6) is -1.58. The topological polar surface area (TPSA) is 75.6 Å². The van der Waals surface area contributed by atoms with Gasteiger partial charge in [-0.3, -0.25) is 4.79 Å². The minimum absolute atomic E-state index is 0.106. The fraction of sp³-hybridized carbons (Fsp3) is 0.231. The van der Waals surface area contributed by atoms with Crippen molar-refractivity contribution in [3.63, 3.8) is 0 Å². The van der Waals surface area contributed by atoms with Crippen LogP contribution in [0.15, 0.2) is 24.8 Å². The van der Waals surface area contributed by atoms with Gasteiger partial charge in [-0.05, 0) is 12.5 Å². The van der Waals surface area contributed by atoms with Crippen molar-refractivity contribution < 1.29 is 19.4 Å². The van der Waals surface area contributed by atoms with Crippen molar-refractivity contribution >= 4 is 46.7 Å². The Kier molecular flexibility index (Phi) is 6.81. The van der Waals surface area contributed by atoms with Crippen LogP contribution in [-0.4, -0.2) is 29.6 Å². The second-order valence-electron chi connectivity index (χ2n) is 3.97. The zero-order valence-electron chi connectivity index (χ0n) is 10.7. The van der Waals surface area contributed by atoms with Crippen LogP contribution < -0.4 is 10.1 Å². The Morgan fingerprint density at radius 1 is 1.29 bits per heavy atom. The monoisotopic (exact) mass is 351 g/mol. The molecular weight excluding hydrogens is 341 g/mol. The Bertz CT molecular complexity index is 563. The number of carbonyl (C=O) groups excluding carboxylic acids is 1. The highest BCUT2D eigenvalue weighted by Crippen LogP contribution is 2.33. The van der Waals surface area contributed by atoms with E-state index in [1.807, 2.05) is 0 Å². The van der Waals surface area contributed by atoms with Crippen molar-refractivity contribution in [2.24, 2.45) is 0 Å². The maximum Gasteiger partial charge on any atom is 0.326 e. The quantitative estimate of drug-likeness (QED) is 0.584. The number of amides is 1. The van der Waals surface area contributed by atoms with E-state index < -0.39 is 24.5 Å². The van der Waals surface area contributed by atoms with Gasteiger partial charge in [0, 0.05) is 6.07 Å². The first-order chi connectivity index (χ1) is 9.85. The normalized spacial score (nSPS) is 11.6. The van der Waals surface area contributed by atoms with E-state index in [0.717, 1.165) is 0 Å². The summed E-state index contributed by atoms with van der Waals surface area (Å²) in [6, 6.07) is 1.71. The van der Waals surface area contributed by atoms with Gasteiger partial charge in [0.25, 0.3) is 5.91 Å². The van der Waals surface area contributed by atoms with Crippen LogP contribution in [-0.2, 0) is 9.59 Å². The maximum atomic E-state index is 11.6. The molecule has 0 saturated carbocycles. The van der Waals surface area contributed by atoms with E-state index in [1.165, 1.54) is 18.2 Å². The number of rotatable bonds is 7. The number of halogens is 3. The SMILES string of the molecule is C=CCC(NC(=O)COc1cc(Cl)c(Cl)cc1Cl)C(=O)O. The molecule has 5 nitrogen and oxygen atoms in total. The molecule has 0 bridgehead atoms. The molecule has 0 aliphatic rings. The number of nitrogens with one attached hydrogen (secondary N) is 1. The standard InChI is InChI=1S/C13H12Cl3NO4/c1-2-3-10(13(19)20)17-12(18)6-21-11-5-8(15)7(14)4-9(11)16/h2,4-5,10H,1,3,6H2,(H,17,18)(H,19,20). The van der Waals surface area contributed by atoms with Crippen molar-refractivity contribution in [3.8, 4) is 5.75 Å². The van der Waals surface area contributed by atoms with Crippen LogP contribution in [0, 0.1) is 0 Å². The summed E-state index contributed by atoms with van der Waals surface area (Å²) in [6.45, 7) is 3.02. The molecule has 0 aliphatic heterocycles. The van der Waals surface area contributed by atoms with Gasteiger partial charge in [-0.25, -0.2) is 4.79 Å². The van der Waals surface area contributed by atoms with Crippen molar-refractivity contribution in [1.82, 2.24) is 5.32 Å². The Labute approximate surface area is 136 Å². The number of aliphatic carboxylic acids is 1. The number of hydrogen-bond donors (Lipinski definition) is 2. The zero-order chi connectivity index (χ0) is 16.0. The Hall–Kier alpha value is -1.43. The number of carbonyl (C=O) groups is 2. The van der Waals surface area contributed by atoms with Crippen LogP contribution in [0.2, 0.25) is 15.1 Å². The van der Waals surface area contributed by atoms with Crippen molar-refractivity contribution in [3.05, 3.63) is 39.9 Å². The van der Waals surface area contributed by atoms with E-state index in [9.17, 15) is 9.59 Å². The zero-order valence-corrected chi connectivity index (χ0v) is 13.0. The third kappa shape index (κ3) is 5.46. The van der Waals surface area contributed by atoms with Gasteiger partial charge >= 0.3 is 5.97 Å². The van der Waals surface area contributed by atoms with Crippen molar-refractivity contribution in [2.45, 2.75) is 12.5 Å². The number of carboxylic acids is 1. The van der Waals surface area contributed by atoms with Gasteiger partial charge in [0.2, 0.25) is 0 Å². The molecule has 21 heavy (non-hydrogen) atoms. The van der Waals surface area contributed by atoms with E-state index in [2.05, 4.69) is 11.9 Å². The molecule has 0 heterocycles. The average molecular weight is 353 g/mol. The van der Waals surface area contributed by atoms with Crippen LogP contribution in [0.25, 0.3) is 0 Å². The lowest BCUT2D eigenvalue weighted by molar-refractivity contribution is -0.142. The van der Waals surface area contributed by atoms with Crippen LogP contribution >= 0.6 is 34.8 Å². The molecule has 114 valence electrons. The van der Waals surface area contributed by atoms with Crippen LogP contribution in [0.4, 0.5) is 0 Å². The minimum Gasteiger partial charge on any atom is -0.482 e. The highest BCUT2D eigenvalue weighted by Gasteiger charge is 2.18. The summed E-state index contributed by atoms with van der Waals surface area (Å²) < 4.78 is 5.19. The van der Waals surface area contributed by atoms with Crippen molar-refractivity contribution in [1.29, 1.82) is 0 Å². The number of carboxylic acid groups (broad SMARTS) is 1. The van der Waals surface area contributed by atoms with E-state index in [-0.39, 0.29) is 27.2 Å². The molecule has 0 fully saturated rings. The maximum absolute atomic E-state index is 11.6. The Morgan fingerprint density at radius 3 is 2.48 bits per heavy atom. The third-order valence-electron chi connectivity index (χ3n) is 2.37. The van der Waals surface area contributed by atoms with Gasteiger partial charge in [0.15, 0.2) is 6.61 Å². The molecule has 0 saturated heterocycles. The molecule has 0 aromatic heterocycles. The summed E-state index contributed by atoms with van der Waals surface area (Å²) >= 11 is 17.5. The van der Waals surface area contributed by atoms with Gasteiger partial charge in [0.05, 0.1) is 15.1 Å². The second-order valence-corrected chi connectivity index (χ2v) is 5.19. The summed E-state index contributed by atoms with van der Waals surface area (Å²) in [4.78, 5) is 22.5. The molecule has 0 spiro atoms. The molecule has 1 rings (SSSR count). The first kappa shape index (κ1) is 17.6. The smallest absolute Gasteiger partial charge is 0.326 e. The molecule has 1 aromatic rings. The molecule has 0 aliphatic carbocycles. The predicted octanol–water partition coefficient (Wildman–Crippen LogP) is 3.17. The largest absolute Gasteiger partial charge is 0.482 e. The van der Waals surface area contributed by atoms with Crippen LogP contribution in [0.1, 0.15) is 6.42 Å². The third-order valence-corrected chi connectivity index (χ3v) is 3.39. The molecule has 2 N–H and O–H groups in total. The van der Waals surface area contributed by atoms with Gasteiger partial charge in [0.1, 0.15) is 11.8 Å². The van der Waals surface area contributed by atoms with Crippen LogP contribution in [0.3, 0.4) is 0 Å². The Balaban J connectivity index is 2.62. The highest BCUT2D eigenvalue weighted by molar-refractivity contribution is 6.43. The highest BCUT2D eigenvalue weighted by atomic mass is 35.5. The summed E-state index contributed by atoms with van der Waals surface area (Å²) in [5, 5.41) is 11.9. The lowest BCUT2D eigenvalue weighted by atomic mass is 10.2. The van der Waals surface area contributed by atoms with E-state index >= 15 is 0 Å². The first-order valence-electron chi connectivity index (χ1n) is 5.75. The number of benzene rings is 1. The molecule has 1 amide bonds. The molecule has 8 heteroatoms. The fourth-order valence-electron chi connectivity index (χ4n) is 1.38. The lowest BCUT2D eigenvalue weighted by Crippen LogP contribution is -2.42. The molecular formula is C13H12Cl3NO4. The Morgan fingerprint density at radius 2 is 1.90 bits per heavy atom. The summed E-state index contributed by atoms with van der Waals surface area (Å²) in [5.41, 5.74) is 0. The van der Waals surface area contributed by atoms with E-state index in [0.29, 0.717) is 0 Å². The fourth-order valence-corrected chi connectivity index (χ4v) is 1.97. The van der Waals surface area contributed by atoms with Gasteiger partial charge < -0.3 is 15.2 Å². The van der Waals surface area contributed by atoms with Crippen LogP contribution in [0.5, 0.6) is 5.75 Å². The van der Waals surface area contributed by atoms with Gasteiger partial charge in [-0.2, -0.15) is 0 Å². The van der Waals surface area contributed by atoms with Gasteiger partial charge in [-0.1, -0.05) is 40.9 Å². The summed E-state index contributed by atoms with van der Waals surface area (Å²) in [6.07, 6.45) is 1.50. The van der Waals surface area contributed by atoms with E-state index in [4.69, 9.17) is 44.6 Å². The second kappa shape index (κ2) is 8.12. The number of hydrogen-bond acceptors (Lipinski definition) is 3. The first-order valence-corrected chi connectivity index (χ1v) is 6.89. The number of ether oxygens (including phenoxy) is 1. The minimum atomic E-state index is -1.16. The molecule has 1 aromatic carbocycles. The average Bonchev–Trinajstić information content (AvgIpc) is 2.40.